The fourth-order valence-corrected chi connectivity index (χ4v) is 4.92. The smallest absolute Gasteiger partial charge is 0.306 e. The summed E-state index contributed by atoms with van der Waals surface area (Å²) in [5.41, 5.74) is 1.83. The standard InChI is InChI=1S/C22H22F2N6O/c23-14-1-2-15(16(24)11-14)19-20(30-9-10-31-22(30)28-19)17-3-6-25-21(26-17)27-18-12-29-7-4-13(18)5-8-29/h1-3,6,9-10,13-14,18H,4-5,7-8,11-12H2,(H,25,26,27)/t14?,18-/m1/s1. The third kappa shape index (κ3) is 3.23. The number of fused-ring (bicyclic) bond motifs is 4. The first-order valence-corrected chi connectivity index (χ1v) is 10.6. The Morgan fingerprint density at radius 1 is 1.19 bits per heavy atom. The highest BCUT2D eigenvalue weighted by atomic mass is 19.1. The van der Waals surface area contributed by atoms with Gasteiger partial charge >= 0.3 is 5.84 Å². The zero-order chi connectivity index (χ0) is 20.9. The molecule has 6 heterocycles. The van der Waals surface area contributed by atoms with E-state index < -0.39 is 12.0 Å². The van der Waals surface area contributed by atoms with Gasteiger partial charge in [0.15, 0.2) is 0 Å². The van der Waals surface area contributed by atoms with Crippen LogP contribution in [0.5, 0.6) is 0 Å². The third-order valence-electron chi connectivity index (χ3n) is 6.52. The van der Waals surface area contributed by atoms with Gasteiger partial charge < -0.3 is 14.6 Å². The van der Waals surface area contributed by atoms with Crippen molar-refractivity contribution in [3.63, 3.8) is 0 Å². The average molecular weight is 424 g/mol. The van der Waals surface area contributed by atoms with E-state index in [0.717, 1.165) is 19.6 Å². The minimum atomic E-state index is -1.32. The molecule has 3 aromatic rings. The van der Waals surface area contributed by atoms with Crippen LogP contribution < -0.4 is 5.32 Å². The number of halogens is 2. The Balaban J connectivity index is 1.39. The van der Waals surface area contributed by atoms with Crippen molar-refractivity contribution in [3.05, 3.63) is 48.4 Å². The maximum Gasteiger partial charge on any atom is 0.306 e. The molecular formula is C22H22F2N6O. The van der Waals surface area contributed by atoms with E-state index in [1.165, 1.54) is 31.3 Å². The van der Waals surface area contributed by atoms with Gasteiger partial charge in [-0.25, -0.2) is 18.7 Å². The molecule has 1 unspecified atom stereocenters. The fraction of sp³-hybridized carbons (Fsp3) is 0.409. The number of nitrogens with zero attached hydrogens (tertiary/aromatic N) is 5. The summed E-state index contributed by atoms with van der Waals surface area (Å²) in [7, 11) is 0. The Bertz CT molecular complexity index is 1190. The van der Waals surface area contributed by atoms with Gasteiger partial charge in [-0.15, -0.1) is 0 Å². The van der Waals surface area contributed by atoms with Crippen LogP contribution in [0.1, 0.15) is 25.0 Å². The molecule has 7 rings (SSSR count). The van der Waals surface area contributed by atoms with Crippen LogP contribution in [0.3, 0.4) is 0 Å². The summed E-state index contributed by atoms with van der Waals surface area (Å²) in [5, 5.41) is 3.50. The van der Waals surface area contributed by atoms with E-state index in [2.05, 4.69) is 20.2 Å². The summed E-state index contributed by atoms with van der Waals surface area (Å²) in [6.07, 6.45) is 8.48. The number of oxazole rings is 1. The predicted molar refractivity (Wildman–Crippen MR) is 112 cm³/mol. The third-order valence-corrected chi connectivity index (χ3v) is 6.52. The van der Waals surface area contributed by atoms with E-state index in [1.54, 1.807) is 22.9 Å². The van der Waals surface area contributed by atoms with Gasteiger partial charge in [0.2, 0.25) is 5.95 Å². The molecule has 9 heteroatoms. The second-order valence-electron chi connectivity index (χ2n) is 8.42. The number of nitrogens with one attached hydrogen (secondary N) is 1. The normalized spacial score (nSPS) is 27.9. The maximum atomic E-state index is 14.6. The molecule has 3 fully saturated rings. The van der Waals surface area contributed by atoms with Crippen molar-refractivity contribution in [2.45, 2.75) is 31.5 Å². The van der Waals surface area contributed by atoms with Crippen molar-refractivity contribution in [3.8, 4) is 11.4 Å². The molecule has 7 nitrogen and oxygen atoms in total. The maximum absolute atomic E-state index is 14.6. The van der Waals surface area contributed by atoms with Crippen LogP contribution in [-0.4, -0.2) is 56.1 Å². The predicted octanol–water partition coefficient (Wildman–Crippen LogP) is 3.87. The van der Waals surface area contributed by atoms with Gasteiger partial charge in [0.1, 0.15) is 29.6 Å². The lowest BCUT2D eigenvalue weighted by atomic mass is 9.84. The number of rotatable bonds is 4. The molecule has 1 aliphatic carbocycles. The molecule has 0 radical (unpaired) electrons. The molecule has 160 valence electrons. The van der Waals surface area contributed by atoms with E-state index in [9.17, 15) is 8.78 Å². The van der Waals surface area contributed by atoms with E-state index >= 15 is 0 Å². The van der Waals surface area contributed by atoms with Crippen molar-refractivity contribution in [2.24, 2.45) is 5.92 Å². The van der Waals surface area contributed by atoms with Crippen LogP contribution in [0, 0.1) is 5.92 Å². The molecule has 4 aliphatic rings. The molecule has 0 amide bonds. The summed E-state index contributed by atoms with van der Waals surface area (Å²) in [6.45, 7) is 3.32. The molecule has 0 spiro atoms. The van der Waals surface area contributed by atoms with E-state index in [0.29, 0.717) is 40.8 Å². The zero-order valence-electron chi connectivity index (χ0n) is 16.8. The molecule has 3 saturated heterocycles. The van der Waals surface area contributed by atoms with E-state index in [-0.39, 0.29) is 12.0 Å². The molecule has 31 heavy (non-hydrogen) atoms. The second-order valence-corrected chi connectivity index (χ2v) is 8.42. The van der Waals surface area contributed by atoms with Gasteiger partial charge in [-0.1, -0.05) is 6.08 Å². The first-order chi connectivity index (χ1) is 15.2. The monoisotopic (exact) mass is 424 g/mol. The van der Waals surface area contributed by atoms with Crippen molar-refractivity contribution < 1.29 is 13.2 Å². The first-order valence-electron chi connectivity index (χ1n) is 10.6. The number of imidazole rings is 1. The van der Waals surface area contributed by atoms with E-state index in [1.807, 2.05) is 0 Å². The summed E-state index contributed by atoms with van der Waals surface area (Å²) in [5.74, 6) is 0.963. The van der Waals surface area contributed by atoms with Gasteiger partial charge in [0.05, 0.1) is 5.69 Å². The zero-order valence-corrected chi connectivity index (χ0v) is 16.8. The highest BCUT2D eigenvalue weighted by Crippen LogP contribution is 2.36. The van der Waals surface area contributed by atoms with Crippen LogP contribution >= 0.6 is 0 Å². The Kier molecular flexibility index (Phi) is 4.38. The molecular weight excluding hydrogens is 402 g/mol. The molecule has 0 aromatic carbocycles. The summed E-state index contributed by atoms with van der Waals surface area (Å²) >= 11 is 0. The summed E-state index contributed by atoms with van der Waals surface area (Å²) in [6, 6.07) is 2.09. The van der Waals surface area contributed by atoms with Crippen LogP contribution in [0.2, 0.25) is 0 Å². The van der Waals surface area contributed by atoms with E-state index in [4.69, 9.17) is 9.40 Å². The number of piperidine rings is 3. The first kappa shape index (κ1) is 18.7. The lowest BCUT2D eigenvalue weighted by Gasteiger charge is -2.44. The highest BCUT2D eigenvalue weighted by Gasteiger charge is 2.34. The van der Waals surface area contributed by atoms with Gasteiger partial charge in [0.25, 0.3) is 0 Å². The van der Waals surface area contributed by atoms with Crippen molar-refractivity contribution in [1.29, 1.82) is 0 Å². The SMILES string of the molecule is FC1=C(c2nc3occn3c2-c2ccnc(N[C@@H]3CN4CCC3CC4)n2)C=CC(F)C1. The molecule has 2 bridgehead atoms. The summed E-state index contributed by atoms with van der Waals surface area (Å²) in [4.78, 5) is 16.1. The number of hydrogen-bond donors (Lipinski definition) is 1. The lowest BCUT2D eigenvalue weighted by Crippen LogP contribution is -2.53. The van der Waals surface area contributed by atoms with Gasteiger partial charge in [0, 0.05) is 37.0 Å². The van der Waals surface area contributed by atoms with Crippen LogP contribution in [-0.2, 0) is 0 Å². The molecule has 0 saturated carbocycles. The molecule has 3 aromatic heterocycles. The number of allylic oxidation sites excluding steroid dienone is 4. The fourth-order valence-electron chi connectivity index (χ4n) is 4.92. The highest BCUT2D eigenvalue weighted by molar-refractivity contribution is 5.84. The molecule has 2 atom stereocenters. The minimum Gasteiger partial charge on any atom is -0.432 e. The number of hydrogen-bond acceptors (Lipinski definition) is 6. The number of anilines is 1. The van der Waals surface area contributed by atoms with Gasteiger partial charge in [-0.2, -0.15) is 4.98 Å². The molecule has 1 N–H and O–H groups in total. The van der Waals surface area contributed by atoms with Crippen LogP contribution in [0.4, 0.5) is 14.7 Å². The Hall–Kier alpha value is -3.07. The number of alkyl halides is 1. The lowest BCUT2D eigenvalue weighted by molar-refractivity contribution is 0.0972. The largest absolute Gasteiger partial charge is 0.432 e. The average Bonchev–Trinajstić information content (AvgIpc) is 3.36. The second kappa shape index (κ2) is 7.26. The Morgan fingerprint density at radius 3 is 2.84 bits per heavy atom. The number of aromatic nitrogens is 4. The Morgan fingerprint density at radius 2 is 2.06 bits per heavy atom. The quantitative estimate of drug-likeness (QED) is 0.686. The van der Waals surface area contributed by atoms with Crippen LogP contribution in [0.25, 0.3) is 22.8 Å². The summed E-state index contributed by atoms with van der Waals surface area (Å²) < 4.78 is 35.4. The van der Waals surface area contributed by atoms with Crippen LogP contribution in [0.15, 0.2) is 47.1 Å². The Labute approximate surface area is 177 Å². The topological polar surface area (TPSA) is 71.5 Å². The van der Waals surface area contributed by atoms with Gasteiger partial charge in [-0.3, -0.25) is 4.40 Å². The van der Waals surface area contributed by atoms with Gasteiger partial charge in [-0.05, 0) is 44.0 Å². The van der Waals surface area contributed by atoms with Crippen molar-refractivity contribution >= 4 is 17.4 Å². The van der Waals surface area contributed by atoms with Crippen molar-refractivity contribution in [2.75, 3.05) is 25.0 Å². The molecule has 3 aliphatic heterocycles. The van der Waals surface area contributed by atoms with Crippen molar-refractivity contribution in [1.82, 2.24) is 24.3 Å². The minimum absolute atomic E-state index is 0.258.